The van der Waals surface area contributed by atoms with Crippen molar-refractivity contribution in [1.82, 2.24) is 4.90 Å². The quantitative estimate of drug-likeness (QED) is 0.482. The van der Waals surface area contributed by atoms with Crippen molar-refractivity contribution in [1.29, 1.82) is 0 Å². The number of carbonyl (C=O) groups is 1. The molecular weight excluding hydrogens is 278 g/mol. The topological polar surface area (TPSA) is 33.5 Å². The van der Waals surface area contributed by atoms with Gasteiger partial charge in [-0.3, -0.25) is 9.69 Å². The summed E-state index contributed by atoms with van der Waals surface area (Å²) in [5.41, 5.74) is 0.939. The Bertz CT molecular complexity index is 570. The Hall–Kier alpha value is -1.59. The van der Waals surface area contributed by atoms with E-state index in [4.69, 9.17) is 16.6 Å². The molecule has 0 aromatic carbocycles. The van der Waals surface area contributed by atoms with Crippen LogP contribution in [0, 0.1) is 0 Å². The lowest BCUT2D eigenvalue weighted by molar-refractivity contribution is -0.121. The smallest absolute Gasteiger partial charge is 0.266 e. The van der Waals surface area contributed by atoms with E-state index in [9.17, 15) is 4.79 Å². The minimum absolute atomic E-state index is 0.0675. The number of thioether (sulfide) groups is 1. The van der Waals surface area contributed by atoms with Gasteiger partial charge in [-0.2, -0.15) is 0 Å². The number of hydrogen-bond acceptors (Lipinski definition) is 4. The molecule has 19 heavy (non-hydrogen) atoms. The third-order valence-electron chi connectivity index (χ3n) is 2.46. The van der Waals surface area contributed by atoms with Crippen LogP contribution in [-0.4, -0.2) is 21.7 Å². The molecule has 5 heteroatoms. The molecule has 0 N–H and O–H groups in total. The van der Waals surface area contributed by atoms with Gasteiger partial charge in [-0.25, -0.2) is 0 Å². The first-order valence-corrected chi connectivity index (χ1v) is 6.92. The number of rotatable bonds is 4. The molecule has 1 aliphatic heterocycles. The summed E-state index contributed by atoms with van der Waals surface area (Å²) in [5, 5.41) is 0. The third kappa shape index (κ3) is 3.24. The van der Waals surface area contributed by atoms with Gasteiger partial charge in [0.2, 0.25) is 0 Å². The van der Waals surface area contributed by atoms with Gasteiger partial charge in [0.15, 0.2) is 0 Å². The highest BCUT2D eigenvalue weighted by molar-refractivity contribution is 8.26. The molecule has 0 spiro atoms. The number of amides is 1. The Kier molecular flexibility index (Phi) is 4.39. The summed E-state index contributed by atoms with van der Waals surface area (Å²) < 4.78 is 5.80. The van der Waals surface area contributed by atoms with Crippen LogP contribution >= 0.6 is 24.0 Å². The van der Waals surface area contributed by atoms with Crippen LogP contribution in [-0.2, 0) is 4.79 Å². The minimum atomic E-state index is -0.0675. The molecule has 0 unspecified atom stereocenters. The van der Waals surface area contributed by atoms with Crippen LogP contribution in [0.5, 0.6) is 0 Å². The molecule has 1 aromatic rings. The van der Waals surface area contributed by atoms with E-state index in [1.54, 1.807) is 17.2 Å². The van der Waals surface area contributed by atoms with Gasteiger partial charge in [-0.05, 0) is 36.8 Å². The summed E-state index contributed by atoms with van der Waals surface area (Å²) in [6.07, 6.45) is 6.98. The van der Waals surface area contributed by atoms with Gasteiger partial charge in [-0.1, -0.05) is 30.1 Å². The van der Waals surface area contributed by atoms with Gasteiger partial charge in [-0.15, -0.1) is 6.58 Å². The SMILES string of the molecule is C=CCN1C(=O)C(=CC(C)=Cc2ccco2)SC1=S. The summed E-state index contributed by atoms with van der Waals surface area (Å²) >= 11 is 6.48. The van der Waals surface area contributed by atoms with Gasteiger partial charge in [0.05, 0.1) is 11.2 Å². The van der Waals surface area contributed by atoms with Crippen LogP contribution in [0.3, 0.4) is 0 Å². The van der Waals surface area contributed by atoms with Crippen molar-refractivity contribution in [2.24, 2.45) is 0 Å². The van der Waals surface area contributed by atoms with Crippen molar-refractivity contribution in [3.63, 3.8) is 0 Å². The van der Waals surface area contributed by atoms with Crippen LogP contribution in [0.2, 0.25) is 0 Å². The monoisotopic (exact) mass is 291 g/mol. The predicted octanol–water partition coefficient (Wildman–Crippen LogP) is 3.61. The zero-order valence-corrected chi connectivity index (χ0v) is 12.1. The highest BCUT2D eigenvalue weighted by atomic mass is 32.2. The summed E-state index contributed by atoms with van der Waals surface area (Å²) in [7, 11) is 0. The average Bonchev–Trinajstić information content (AvgIpc) is 2.94. The van der Waals surface area contributed by atoms with Gasteiger partial charge in [0.25, 0.3) is 5.91 Å². The molecule has 1 amide bonds. The van der Waals surface area contributed by atoms with E-state index >= 15 is 0 Å². The molecule has 1 fully saturated rings. The first kappa shape index (κ1) is 13.8. The second kappa shape index (κ2) is 6.04. The van der Waals surface area contributed by atoms with E-state index in [2.05, 4.69) is 6.58 Å². The molecule has 0 aliphatic carbocycles. The molecule has 1 aromatic heterocycles. The van der Waals surface area contributed by atoms with Crippen LogP contribution in [0.25, 0.3) is 6.08 Å². The standard InChI is InChI=1S/C14H13NO2S2/c1-3-6-15-13(16)12(19-14(15)18)9-10(2)8-11-5-4-7-17-11/h3-5,7-9H,1,6H2,2H3. The average molecular weight is 291 g/mol. The van der Waals surface area contributed by atoms with E-state index in [1.807, 2.05) is 31.2 Å². The maximum Gasteiger partial charge on any atom is 0.266 e. The van der Waals surface area contributed by atoms with E-state index in [0.717, 1.165) is 11.3 Å². The van der Waals surface area contributed by atoms with Crippen molar-refractivity contribution < 1.29 is 9.21 Å². The van der Waals surface area contributed by atoms with Crippen molar-refractivity contribution in [2.75, 3.05) is 6.54 Å². The van der Waals surface area contributed by atoms with E-state index in [-0.39, 0.29) is 5.91 Å². The van der Waals surface area contributed by atoms with Crippen LogP contribution in [0.4, 0.5) is 0 Å². The minimum Gasteiger partial charge on any atom is -0.465 e. The lowest BCUT2D eigenvalue weighted by atomic mass is 10.2. The summed E-state index contributed by atoms with van der Waals surface area (Å²) in [6.45, 7) is 5.99. The van der Waals surface area contributed by atoms with Gasteiger partial charge in [0.1, 0.15) is 10.1 Å². The van der Waals surface area contributed by atoms with Gasteiger partial charge in [0, 0.05) is 6.54 Å². The fourth-order valence-corrected chi connectivity index (χ4v) is 2.96. The number of nitrogens with zero attached hydrogens (tertiary/aromatic N) is 1. The Morgan fingerprint density at radius 1 is 1.63 bits per heavy atom. The van der Waals surface area contributed by atoms with Gasteiger partial charge >= 0.3 is 0 Å². The lowest BCUT2D eigenvalue weighted by Crippen LogP contribution is -2.27. The number of hydrogen-bond donors (Lipinski definition) is 0. The molecule has 1 aliphatic rings. The maximum atomic E-state index is 12.1. The van der Waals surface area contributed by atoms with Crippen molar-refractivity contribution in [3.05, 3.63) is 53.4 Å². The second-order valence-electron chi connectivity index (χ2n) is 3.98. The molecule has 98 valence electrons. The molecule has 2 heterocycles. The number of furan rings is 1. The first-order valence-electron chi connectivity index (χ1n) is 5.70. The third-order valence-corrected chi connectivity index (χ3v) is 3.83. The Labute approximate surface area is 121 Å². The van der Waals surface area contributed by atoms with E-state index in [1.165, 1.54) is 11.8 Å². The maximum absolute atomic E-state index is 12.1. The Morgan fingerprint density at radius 2 is 2.42 bits per heavy atom. The highest BCUT2D eigenvalue weighted by Crippen LogP contribution is 2.31. The van der Waals surface area contributed by atoms with Crippen LogP contribution < -0.4 is 0 Å². The lowest BCUT2D eigenvalue weighted by Gasteiger charge is -2.10. The Balaban J connectivity index is 2.18. The van der Waals surface area contributed by atoms with Crippen LogP contribution in [0.1, 0.15) is 12.7 Å². The van der Waals surface area contributed by atoms with Crippen molar-refractivity contribution >= 4 is 40.3 Å². The van der Waals surface area contributed by atoms with Gasteiger partial charge < -0.3 is 4.42 Å². The number of thiocarbonyl (C=S) groups is 1. The fourth-order valence-electron chi connectivity index (χ4n) is 1.63. The fraction of sp³-hybridized carbons (Fsp3) is 0.143. The van der Waals surface area contributed by atoms with Crippen LogP contribution in [0.15, 0.2) is 52.0 Å². The molecule has 0 saturated carbocycles. The molecule has 0 bridgehead atoms. The largest absolute Gasteiger partial charge is 0.465 e. The molecular formula is C14H13NO2S2. The van der Waals surface area contributed by atoms with Crippen molar-refractivity contribution in [3.8, 4) is 0 Å². The number of carbonyl (C=O) groups excluding carboxylic acids is 1. The Morgan fingerprint density at radius 3 is 3.05 bits per heavy atom. The van der Waals surface area contributed by atoms with E-state index < -0.39 is 0 Å². The molecule has 0 atom stereocenters. The predicted molar refractivity (Wildman–Crippen MR) is 82.5 cm³/mol. The highest BCUT2D eigenvalue weighted by Gasteiger charge is 2.30. The van der Waals surface area contributed by atoms with E-state index in [0.29, 0.717) is 15.8 Å². The second-order valence-corrected chi connectivity index (χ2v) is 5.66. The first-order chi connectivity index (χ1) is 9.11. The molecule has 3 nitrogen and oxygen atoms in total. The normalized spacial score (nSPS) is 18.5. The zero-order valence-electron chi connectivity index (χ0n) is 10.5. The summed E-state index contributed by atoms with van der Waals surface area (Å²) in [6, 6.07) is 3.68. The summed E-state index contributed by atoms with van der Waals surface area (Å²) in [4.78, 5) is 14.3. The molecule has 2 rings (SSSR count). The molecule has 0 radical (unpaired) electrons. The molecule has 1 saturated heterocycles. The number of allylic oxidation sites excluding steroid dienone is 2. The van der Waals surface area contributed by atoms with Crippen molar-refractivity contribution in [2.45, 2.75) is 6.92 Å². The zero-order chi connectivity index (χ0) is 13.8. The summed E-state index contributed by atoms with van der Waals surface area (Å²) in [5.74, 6) is 0.692.